The minimum atomic E-state index is -1.07. The molecule has 0 unspecified atom stereocenters. The molecular formula is C15H20N2O4. The summed E-state index contributed by atoms with van der Waals surface area (Å²) >= 11 is 0. The van der Waals surface area contributed by atoms with Crippen LogP contribution in [0.15, 0.2) is 18.2 Å². The number of anilines is 1. The zero-order chi connectivity index (χ0) is 15.2. The molecule has 114 valence electrons. The number of hydrogen-bond acceptors (Lipinski definition) is 4. The van der Waals surface area contributed by atoms with E-state index in [9.17, 15) is 9.59 Å². The van der Waals surface area contributed by atoms with Crippen LogP contribution in [-0.4, -0.2) is 37.2 Å². The molecule has 21 heavy (non-hydrogen) atoms. The number of carbonyl (C=O) groups excluding carboxylic acids is 1. The minimum Gasteiger partial charge on any atom is -0.497 e. The average molecular weight is 292 g/mol. The van der Waals surface area contributed by atoms with E-state index >= 15 is 0 Å². The van der Waals surface area contributed by atoms with Crippen LogP contribution in [0.3, 0.4) is 0 Å². The number of carboxylic acids is 1. The Morgan fingerprint density at radius 3 is 2.71 bits per heavy atom. The second kappa shape index (κ2) is 7.08. The standard InChI is InChI=1S/C15H20N2O4/c1-21-11-2-3-12(15(19)20)13(9-11)17-14(18)8-10-4-6-16-7-5-10/h2-3,9-10,16H,4-8H2,1H3,(H,17,18)(H,19,20). The van der Waals surface area contributed by atoms with E-state index < -0.39 is 5.97 Å². The molecule has 0 radical (unpaired) electrons. The number of benzene rings is 1. The van der Waals surface area contributed by atoms with Gasteiger partial charge in [-0.05, 0) is 44.0 Å². The number of piperidine rings is 1. The molecule has 1 aromatic rings. The van der Waals surface area contributed by atoms with E-state index in [2.05, 4.69) is 10.6 Å². The van der Waals surface area contributed by atoms with Crippen LogP contribution in [-0.2, 0) is 4.79 Å². The fourth-order valence-corrected chi connectivity index (χ4v) is 2.49. The maximum absolute atomic E-state index is 12.1. The molecule has 0 aromatic heterocycles. The first kappa shape index (κ1) is 15.3. The Hall–Kier alpha value is -2.08. The van der Waals surface area contributed by atoms with Crippen molar-refractivity contribution in [3.05, 3.63) is 23.8 Å². The van der Waals surface area contributed by atoms with Crippen LogP contribution in [0.4, 0.5) is 5.69 Å². The van der Waals surface area contributed by atoms with E-state index in [-0.39, 0.29) is 17.2 Å². The topological polar surface area (TPSA) is 87.7 Å². The zero-order valence-electron chi connectivity index (χ0n) is 12.0. The Morgan fingerprint density at radius 1 is 1.38 bits per heavy atom. The molecule has 2 rings (SSSR count). The van der Waals surface area contributed by atoms with E-state index in [1.54, 1.807) is 6.07 Å². The molecule has 1 aliphatic heterocycles. The van der Waals surface area contributed by atoms with Gasteiger partial charge in [-0.25, -0.2) is 4.79 Å². The predicted octanol–water partition coefficient (Wildman–Crippen LogP) is 1.72. The maximum atomic E-state index is 12.1. The van der Waals surface area contributed by atoms with Gasteiger partial charge >= 0.3 is 5.97 Å². The predicted molar refractivity (Wildman–Crippen MR) is 78.8 cm³/mol. The van der Waals surface area contributed by atoms with Gasteiger partial charge in [0.1, 0.15) is 5.75 Å². The van der Waals surface area contributed by atoms with E-state index in [1.807, 2.05) is 0 Å². The van der Waals surface area contributed by atoms with Gasteiger partial charge in [-0.15, -0.1) is 0 Å². The first-order valence-electron chi connectivity index (χ1n) is 7.02. The summed E-state index contributed by atoms with van der Waals surface area (Å²) < 4.78 is 5.07. The lowest BCUT2D eigenvalue weighted by Gasteiger charge is -2.22. The van der Waals surface area contributed by atoms with Crippen molar-refractivity contribution >= 4 is 17.6 Å². The van der Waals surface area contributed by atoms with E-state index in [1.165, 1.54) is 19.2 Å². The highest BCUT2D eigenvalue weighted by Gasteiger charge is 2.19. The lowest BCUT2D eigenvalue weighted by atomic mass is 9.94. The SMILES string of the molecule is COc1ccc(C(=O)O)c(NC(=O)CC2CCNCC2)c1. The number of ether oxygens (including phenoxy) is 1. The smallest absolute Gasteiger partial charge is 0.337 e. The molecule has 1 aromatic carbocycles. The number of methoxy groups -OCH3 is 1. The largest absolute Gasteiger partial charge is 0.497 e. The lowest BCUT2D eigenvalue weighted by molar-refractivity contribution is -0.117. The third kappa shape index (κ3) is 4.19. The van der Waals surface area contributed by atoms with Crippen LogP contribution < -0.4 is 15.4 Å². The van der Waals surface area contributed by atoms with Crippen molar-refractivity contribution in [1.29, 1.82) is 0 Å². The lowest BCUT2D eigenvalue weighted by Crippen LogP contribution is -2.30. The van der Waals surface area contributed by atoms with Crippen molar-refractivity contribution in [3.63, 3.8) is 0 Å². The Labute approximate surface area is 123 Å². The minimum absolute atomic E-state index is 0.0643. The quantitative estimate of drug-likeness (QED) is 0.769. The van der Waals surface area contributed by atoms with Crippen molar-refractivity contribution in [2.24, 2.45) is 5.92 Å². The summed E-state index contributed by atoms with van der Waals surface area (Å²) in [6, 6.07) is 4.52. The third-order valence-corrected chi connectivity index (χ3v) is 3.66. The van der Waals surface area contributed by atoms with Crippen molar-refractivity contribution in [2.45, 2.75) is 19.3 Å². The second-order valence-corrected chi connectivity index (χ2v) is 5.16. The van der Waals surface area contributed by atoms with Crippen LogP contribution in [0.1, 0.15) is 29.6 Å². The summed E-state index contributed by atoms with van der Waals surface area (Å²) in [6.07, 6.45) is 2.35. The highest BCUT2D eigenvalue weighted by atomic mass is 16.5. The molecule has 1 heterocycles. The van der Waals surface area contributed by atoms with Crippen molar-refractivity contribution in [1.82, 2.24) is 5.32 Å². The summed E-state index contributed by atoms with van der Waals surface area (Å²) in [5.41, 5.74) is 0.343. The summed E-state index contributed by atoms with van der Waals surface area (Å²) in [7, 11) is 1.50. The van der Waals surface area contributed by atoms with Crippen molar-refractivity contribution in [3.8, 4) is 5.75 Å². The van der Waals surface area contributed by atoms with E-state index in [0.717, 1.165) is 25.9 Å². The van der Waals surface area contributed by atoms with Gasteiger partial charge in [-0.3, -0.25) is 4.79 Å². The number of carboxylic acid groups (broad SMARTS) is 1. The van der Waals surface area contributed by atoms with Crippen LogP contribution in [0, 0.1) is 5.92 Å². The van der Waals surface area contributed by atoms with Crippen molar-refractivity contribution in [2.75, 3.05) is 25.5 Å². The molecular weight excluding hydrogens is 272 g/mol. The number of aromatic carboxylic acids is 1. The van der Waals surface area contributed by atoms with Gasteiger partial charge in [0.2, 0.25) is 5.91 Å². The molecule has 0 aliphatic carbocycles. The van der Waals surface area contributed by atoms with Gasteiger partial charge in [0.05, 0.1) is 18.4 Å². The molecule has 0 spiro atoms. The Balaban J connectivity index is 2.06. The molecule has 1 amide bonds. The van der Waals surface area contributed by atoms with Crippen LogP contribution in [0.25, 0.3) is 0 Å². The van der Waals surface area contributed by atoms with Gasteiger partial charge in [0.15, 0.2) is 0 Å². The summed E-state index contributed by atoms with van der Waals surface area (Å²) in [6.45, 7) is 1.86. The first-order chi connectivity index (χ1) is 10.1. The Bertz CT molecular complexity index is 524. The molecule has 1 fully saturated rings. The van der Waals surface area contributed by atoms with E-state index in [4.69, 9.17) is 9.84 Å². The second-order valence-electron chi connectivity index (χ2n) is 5.16. The fraction of sp³-hybridized carbons (Fsp3) is 0.467. The van der Waals surface area contributed by atoms with Gasteiger partial charge in [-0.1, -0.05) is 0 Å². The van der Waals surface area contributed by atoms with Gasteiger partial charge in [-0.2, -0.15) is 0 Å². The fourth-order valence-electron chi connectivity index (χ4n) is 2.49. The Kier molecular flexibility index (Phi) is 5.16. The monoisotopic (exact) mass is 292 g/mol. The molecule has 6 nitrogen and oxygen atoms in total. The number of carbonyl (C=O) groups is 2. The molecule has 3 N–H and O–H groups in total. The van der Waals surface area contributed by atoms with Gasteiger partial charge in [0, 0.05) is 12.5 Å². The average Bonchev–Trinajstić information content (AvgIpc) is 2.47. The Morgan fingerprint density at radius 2 is 2.10 bits per heavy atom. The van der Waals surface area contributed by atoms with Crippen LogP contribution in [0.2, 0.25) is 0 Å². The van der Waals surface area contributed by atoms with Crippen LogP contribution >= 0.6 is 0 Å². The maximum Gasteiger partial charge on any atom is 0.337 e. The molecule has 6 heteroatoms. The number of nitrogens with one attached hydrogen (secondary N) is 2. The number of rotatable bonds is 5. The third-order valence-electron chi connectivity index (χ3n) is 3.66. The first-order valence-corrected chi connectivity index (χ1v) is 7.02. The zero-order valence-corrected chi connectivity index (χ0v) is 12.0. The highest BCUT2D eigenvalue weighted by molar-refractivity contribution is 6.00. The van der Waals surface area contributed by atoms with Crippen molar-refractivity contribution < 1.29 is 19.4 Å². The van der Waals surface area contributed by atoms with Gasteiger partial charge < -0.3 is 20.5 Å². The summed E-state index contributed by atoms with van der Waals surface area (Å²) in [4.78, 5) is 23.3. The van der Waals surface area contributed by atoms with Gasteiger partial charge in [0.25, 0.3) is 0 Å². The molecule has 0 bridgehead atoms. The summed E-state index contributed by atoms with van der Waals surface area (Å²) in [5, 5.41) is 15.1. The summed E-state index contributed by atoms with van der Waals surface area (Å²) in [5.74, 6) is -0.366. The molecule has 0 saturated carbocycles. The van der Waals surface area contributed by atoms with E-state index in [0.29, 0.717) is 18.1 Å². The molecule has 0 atom stereocenters. The molecule has 1 aliphatic rings. The normalized spacial score (nSPS) is 15.5. The molecule has 1 saturated heterocycles. The number of amides is 1. The number of hydrogen-bond donors (Lipinski definition) is 3. The van der Waals surface area contributed by atoms with Crippen LogP contribution in [0.5, 0.6) is 5.75 Å². The highest BCUT2D eigenvalue weighted by Crippen LogP contribution is 2.24.